The Balaban J connectivity index is 1.83. The van der Waals surface area contributed by atoms with Gasteiger partial charge in [-0.25, -0.2) is 10.3 Å². The second-order valence-corrected chi connectivity index (χ2v) is 3.81. The molecule has 2 aliphatic heterocycles. The lowest BCUT2D eigenvalue weighted by molar-refractivity contribution is 0.153. The summed E-state index contributed by atoms with van der Waals surface area (Å²) in [5, 5.41) is 2.61. The summed E-state index contributed by atoms with van der Waals surface area (Å²) in [7, 11) is 0. The molecule has 1 aromatic rings. The molecule has 1 fully saturated rings. The predicted octanol–water partition coefficient (Wildman–Crippen LogP) is 1.22. The maximum absolute atomic E-state index is 10.9. The minimum atomic E-state index is -0.380. The Hall–Kier alpha value is -2.17. The molecule has 0 saturated carbocycles. The van der Waals surface area contributed by atoms with Gasteiger partial charge in [-0.15, -0.1) is 0 Å². The van der Waals surface area contributed by atoms with E-state index >= 15 is 0 Å². The number of alkyl carbamates (subject to hydrolysis) is 1. The molecule has 17 heavy (non-hydrogen) atoms. The monoisotopic (exact) mass is 231 g/mol. The zero-order valence-corrected chi connectivity index (χ0v) is 8.97. The molecule has 1 atom stereocenters. The molecule has 87 valence electrons. The molecule has 1 amide bonds. The van der Waals surface area contributed by atoms with Crippen LogP contribution >= 0.6 is 0 Å². The highest BCUT2D eigenvalue weighted by Crippen LogP contribution is 2.29. The van der Waals surface area contributed by atoms with Crippen LogP contribution in [0, 0.1) is 6.42 Å². The van der Waals surface area contributed by atoms with Crippen molar-refractivity contribution >= 4 is 12.2 Å². The van der Waals surface area contributed by atoms with Gasteiger partial charge >= 0.3 is 6.09 Å². The number of carbonyl (C=O) groups excluding carboxylic acids is 1. The lowest BCUT2D eigenvalue weighted by Gasteiger charge is -2.17. The molecule has 5 heteroatoms. The van der Waals surface area contributed by atoms with Crippen molar-refractivity contribution in [1.29, 1.82) is 0 Å². The van der Waals surface area contributed by atoms with Gasteiger partial charge in [-0.2, -0.15) is 0 Å². The number of nitrogens with one attached hydrogen (secondary N) is 2. The molecule has 2 heterocycles. The zero-order chi connectivity index (χ0) is 11.7. The fourth-order valence-corrected chi connectivity index (χ4v) is 1.87. The Morgan fingerprint density at radius 3 is 3.18 bits per heavy atom. The largest absolute Gasteiger partial charge is 0.444 e. The molecule has 2 N–H and O–H groups in total. The number of amides is 1. The number of fused-ring (bicyclic) bond motifs is 1. The summed E-state index contributed by atoms with van der Waals surface area (Å²) in [6.07, 6.45) is 4.90. The summed E-state index contributed by atoms with van der Waals surface area (Å²) < 4.78 is 5.06. The topological polar surface area (TPSA) is 59.6 Å². The summed E-state index contributed by atoms with van der Waals surface area (Å²) in [5.41, 5.74) is 4.59. The van der Waals surface area contributed by atoms with Crippen LogP contribution in [0.2, 0.25) is 0 Å². The Morgan fingerprint density at radius 1 is 1.41 bits per heavy atom. The second kappa shape index (κ2) is 4.01. The number of rotatable bonds is 2. The van der Waals surface area contributed by atoms with Gasteiger partial charge in [-0.1, -0.05) is 18.2 Å². The quantitative estimate of drug-likeness (QED) is 0.803. The summed E-state index contributed by atoms with van der Waals surface area (Å²) >= 11 is 0. The molecule has 3 rings (SSSR count). The van der Waals surface area contributed by atoms with Crippen molar-refractivity contribution in [3.05, 3.63) is 41.9 Å². The lowest BCUT2D eigenvalue weighted by atomic mass is 10.0. The van der Waals surface area contributed by atoms with E-state index in [2.05, 4.69) is 10.8 Å². The molecule has 0 aromatic heterocycles. The van der Waals surface area contributed by atoms with Gasteiger partial charge in [-0.05, 0) is 6.08 Å². The van der Waals surface area contributed by atoms with Crippen LogP contribution in [-0.4, -0.2) is 18.7 Å². The zero-order valence-electron chi connectivity index (χ0n) is 8.97. The molecule has 0 spiro atoms. The number of benzene rings is 1. The van der Waals surface area contributed by atoms with E-state index in [0.717, 1.165) is 16.9 Å². The van der Waals surface area contributed by atoms with E-state index in [1.165, 1.54) is 0 Å². The Labute approximate surface area is 98.4 Å². The molecular weight excluding hydrogens is 220 g/mol. The molecule has 0 bridgehead atoms. The normalized spacial score (nSPS) is 20.9. The number of carbonyl (C=O) groups is 1. The first kappa shape index (κ1) is 10.0. The summed E-state index contributed by atoms with van der Waals surface area (Å²) in [4.78, 5) is 16.3. The van der Waals surface area contributed by atoms with Crippen molar-refractivity contribution in [3.63, 3.8) is 0 Å². The van der Waals surface area contributed by atoms with E-state index in [1.807, 2.05) is 30.7 Å². The fourth-order valence-electron chi connectivity index (χ4n) is 1.87. The van der Waals surface area contributed by atoms with Crippen LogP contribution in [0.4, 0.5) is 4.79 Å². The van der Waals surface area contributed by atoms with Crippen LogP contribution in [0.15, 0.2) is 24.4 Å². The van der Waals surface area contributed by atoms with Gasteiger partial charge in [0.1, 0.15) is 6.10 Å². The highest BCUT2D eigenvalue weighted by molar-refractivity contribution is 5.70. The van der Waals surface area contributed by atoms with Crippen LogP contribution < -0.4 is 15.6 Å². The minimum absolute atomic E-state index is 0.247. The van der Waals surface area contributed by atoms with Crippen LogP contribution in [-0.2, 0) is 4.74 Å². The van der Waals surface area contributed by atoms with Crippen LogP contribution in [0.25, 0.3) is 6.08 Å². The van der Waals surface area contributed by atoms with Gasteiger partial charge in [0, 0.05) is 23.7 Å². The fraction of sp³-hybridized carbons (Fsp3) is 0.167. The summed E-state index contributed by atoms with van der Waals surface area (Å²) in [6, 6.07) is 5.82. The number of para-hydroxylation sites is 1. The average molecular weight is 231 g/mol. The Morgan fingerprint density at radius 2 is 2.35 bits per heavy atom. The van der Waals surface area contributed by atoms with Crippen LogP contribution in [0.1, 0.15) is 11.1 Å². The predicted molar refractivity (Wildman–Crippen MR) is 60.9 cm³/mol. The van der Waals surface area contributed by atoms with Crippen LogP contribution in [0.3, 0.4) is 0 Å². The molecular formula is C12H11N2O3. The highest BCUT2D eigenvalue weighted by atomic mass is 16.6. The molecule has 0 aliphatic carbocycles. The number of hydrogen-bond acceptors (Lipinski definition) is 4. The Kier molecular flexibility index (Phi) is 2.36. The number of cyclic esters (lactones) is 1. The van der Waals surface area contributed by atoms with Gasteiger partial charge in [0.05, 0.1) is 6.54 Å². The van der Waals surface area contributed by atoms with Gasteiger partial charge in [-0.3, -0.25) is 0 Å². The van der Waals surface area contributed by atoms with E-state index < -0.39 is 0 Å². The summed E-state index contributed by atoms with van der Waals surface area (Å²) in [6.45, 7) is 0.492. The molecule has 2 aliphatic rings. The van der Waals surface area contributed by atoms with Gasteiger partial charge in [0.15, 0.2) is 5.75 Å². The van der Waals surface area contributed by atoms with E-state index in [-0.39, 0.29) is 12.2 Å². The van der Waals surface area contributed by atoms with E-state index in [9.17, 15) is 4.79 Å². The minimum Gasteiger partial charge on any atom is -0.444 e. The lowest BCUT2D eigenvalue weighted by Crippen LogP contribution is -2.19. The van der Waals surface area contributed by atoms with Gasteiger partial charge in [0.2, 0.25) is 0 Å². The van der Waals surface area contributed by atoms with Crippen molar-refractivity contribution in [1.82, 2.24) is 10.8 Å². The number of ether oxygens (including phenoxy) is 1. The number of hydroxylamine groups is 1. The van der Waals surface area contributed by atoms with Crippen molar-refractivity contribution in [2.24, 2.45) is 0 Å². The molecule has 0 unspecified atom stereocenters. The van der Waals surface area contributed by atoms with Crippen LogP contribution in [0.5, 0.6) is 5.75 Å². The molecule has 1 radical (unpaired) electrons. The summed E-state index contributed by atoms with van der Waals surface area (Å²) in [5.74, 6) is 0.748. The van der Waals surface area contributed by atoms with E-state index in [1.54, 1.807) is 6.20 Å². The third-order valence-electron chi connectivity index (χ3n) is 2.64. The van der Waals surface area contributed by atoms with Crippen molar-refractivity contribution in [2.45, 2.75) is 6.10 Å². The van der Waals surface area contributed by atoms with E-state index in [0.29, 0.717) is 6.54 Å². The van der Waals surface area contributed by atoms with Gasteiger partial charge < -0.3 is 14.9 Å². The molecule has 1 aromatic carbocycles. The Bertz CT molecular complexity index is 485. The van der Waals surface area contributed by atoms with Crippen molar-refractivity contribution < 1.29 is 14.4 Å². The maximum atomic E-state index is 10.9. The first-order valence-electron chi connectivity index (χ1n) is 5.34. The third-order valence-corrected chi connectivity index (χ3v) is 2.64. The highest BCUT2D eigenvalue weighted by Gasteiger charge is 2.25. The SMILES string of the molecule is O=C1NC[C@H]([CH]c2cccc3c2ONC=C3)O1. The second-order valence-electron chi connectivity index (χ2n) is 3.81. The third kappa shape index (κ3) is 1.91. The smallest absolute Gasteiger partial charge is 0.407 e. The van der Waals surface area contributed by atoms with Crippen molar-refractivity contribution in [3.8, 4) is 5.75 Å². The first-order chi connectivity index (χ1) is 8.33. The first-order valence-corrected chi connectivity index (χ1v) is 5.34. The van der Waals surface area contributed by atoms with Crippen molar-refractivity contribution in [2.75, 3.05) is 6.54 Å². The van der Waals surface area contributed by atoms with E-state index in [4.69, 9.17) is 9.57 Å². The molecule has 5 nitrogen and oxygen atoms in total. The average Bonchev–Trinajstić information content (AvgIpc) is 2.75. The van der Waals surface area contributed by atoms with Gasteiger partial charge in [0.25, 0.3) is 0 Å². The number of hydrogen-bond donors (Lipinski definition) is 2. The standard InChI is InChI=1S/C12H11N2O3/c15-12-13-7-10(16-12)6-9-3-1-2-8-4-5-14-17-11(8)9/h1-6,10,14H,7H2,(H,13,15)/t10-/m0/s1. The maximum Gasteiger partial charge on any atom is 0.407 e. The molecule has 1 saturated heterocycles.